The number of ether oxygens (including phenoxy) is 2. The monoisotopic (exact) mass is 377 g/mol. The SMILES string of the molecule is COc1ccc2cc(S(=O)(=O)Nc3ccc(OC)c(Cl)c3)ccc2c1. The van der Waals surface area contributed by atoms with Gasteiger partial charge >= 0.3 is 0 Å². The fraction of sp³-hybridized carbons (Fsp3) is 0.111. The van der Waals surface area contributed by atoms with Crippen molar-refractivity contribution in [2.24, 2.45) is 0 Å². The van der Waals surface area contributed by atoms with Gasteiger partial charge in [-0.3, -0.25) is 4.72 Å². The normalized spacial score (nSPS) is 11.3. The Bertz CT molecular complexity index is 1030. The molecule has 0 saturated carbocycles. The van der Waals surface area contributed by atoms with Gasteiger partial charge in [0.15, 0.2) is 0 Å². The highest BCUT2D eigenvalue weighted by Gasteiger charge is 2.15. The molecule has 7 heteroatoms. The van der Waals surface area contributed by atoms with Crippen molar-refractivity contribution in [3.63, 3.8) is 0 Å². The van der Waals surface area contributed by atoms with E-state index in [1.165, 1.54) is 13.2 Å². The Kier molecular flexibility index (Phi) is 4.74. The molecule has 0 aliphatic carbocycles. The van der Waals surface area contributed by atoms with E-state index in [9.17, 15) is 8.42 Å². The third kappa shape index (κ3) is 3.65. The lowest BCUT2D eigenvalue weighted by molar-refractivity contribution is 0.415. The molecule has 0 fully saturated rings. The van der Waals surface area contributed by atoms with Crippen LogP contribution in [0.5, 0.6) is 11.5 Å². The summed E-state index contributed by atoms with van der Waals surface area (Å²) in [7, 11) is -0.655. The molecule has 3 aromatic rings. The van der Waals surface area contributed by atoms with Gasteiger partial charge in [-0.1, -0.05) is 23.7 Å². The van der Waals surface area contributed by atoms with Crippen molar-refractivity contribution in [3.8, 4) is 11.5 Å². The lowest BCUT2D eigenvalue weighted by Gasteiger charge is -2.11. The van der Waals surface area contributed by atoms with Gasteiger partial charge in [0.1, 0.15) is 11.5 Å². The summed E-state index contributed by atoms with van der Waals surface area (Å²) >= 11 is 6.04. The van der Waals surface area contributed by atoms with Gasteiger partial charge in [-0.15, -0.1) is 0 Å². The molecule has 25 heavy (non-hydrogen) atoms. The van der Waals surface area contributed by atoms with Gasteiger partial charge in [-0.25, -0.2) is 8.42 Å². The second kappa shape index (κ2) is 6.82. The lowest BCUT2D eigenvalue weighted by Crippen LogP contribution is -2.12. The van der Waals surface area contributed by atoms with Crippen molar-refractivity contribution in [2.45, 2.75) is 4.90 Å². The Morgan fingerprint density at radius 1 is 0.880 bits per heavy atom. The van der Waals surface area contributed by atoms with Gasteiger partial charge in [-0.2, -0.15) is 0 Å². The lowest BCUT2D eigenvalue weighted by atomic mass is 10.1. The van der Waals surface area contributed by atoms with Crippen LogP contribution >= 0.6 is 11.6 Å². The average molecular weight is 378 g/mol. The zero-order valence-corrected chi connectivity index (χ0v) is 15.2. The number of fused-ring (bicyclic) bond motifs is 1. The zero-order chi connectivity index (χ0) is 18.0. The fourth-order valence-corrected chi connectivity index (χ4v) is 3.78. The molecule has 0 radical (unpaired) electrons. The van der Waals surface area contributed by atoms with Crippen molar-refractivity contribution in [3.05, 3.63) is 59.6 Å². The van der Waals surface area contributed by atoms with Crippen LogP contribution in [0.3, 0.4) is 0 Å². The number of hydrogen-bond donors (Lipinski definition) is 1. The first-order valence-corrected chi connectivity index (χ1v) is 9.23. The number of methoxy groups -OCH3 is 2. The Labute approximate surface area is 151 Å². The Balaban J connectivity index is 1.94. The molecule has 130 valence electrons. The largest absolute Gasteiger partial charge is 0.497 e. The van der Waals surface area contributed by atoms with E-state index >= 15 is 0 Å². The van der Waals surface area contributed by atoms with Crippen LogP contribution in [0, 0.1) is 0 Å². The molecule has 0 saturated heterocycles. The zero-order valence-electron chi connectivity index (χ0n) is 13.6. The highest BCUT2D eigenvalue weighted by Crippen LogP contribution is 2.29. The second-order valence-corrected chi connectivity index (χ2v) is 7.42. The van der Waals surface area contributed by atoms with Crippen LogP contribution in [0.1, 0.15) is 0 Å². The topological polar surface area (TPSA) is 64.6 Å². The molecule has 0 aliphatic heterocycles. The summed E-state index contributed by atoms with van der Waals surface area (Å²) in [6, 6.07) is 15.1. The third-order valence-electron chi connectivity index (χ3n) is 3.73. The molecule has 3 rings (SSSR count). The minimum absolute atomic E-state index is 0.164. The minimum atomic E-state index is -3.74. The molecular weight excluding hydrogens is 362 g/mol. The van der Waals surface area contributed by atoms with Crippen molar-refractivity contribution < 1.29 is 17.9 Å². The molecule has 0 unspecified atom stereocenters. The molecule has 0 spiro atoms. The van der Waals surface area contributed by atoms with E-state index in [2.05, 4.69) is 4.72 Å². The van der Waals surface area contributed by atoms with E-state index in [1.807, 2.05) is 12.1 Å². The van der Waals surface area contributed by atoms with E-state index < -0.39 is 10.0 Å². The molecule has 3 aromatic carbocycles. The number of sulfonamides is 1. The average Bonchev–Trinajstić information content (AvgIpc) is 2.60. The molecule has 5 nitrogen and oxygen atoms in total. The van der Waals surface area contributed by atoms with Crippen LogP contribution in [-0.2, 0) is 10.0 Å². The maximum Gasteiger partial charge on any atom is 0.261 e. The highest BCUT2D eigenvalue weighted by molar-refractivity contribution is 7.92. The maximum atomic E-state index is 12.6. The summed E-state index contributed by atoms with van der Waals surface area (Å²) in [6.45, 7) is 0. The quantitative estimate of drug-likeness (QED) is 0.719. The molecule has 1 N–H and O–H groups in total. The van der Waals surface area contributed by atoms with Gasteiger partial charge in [-0.05, 0) is 53.2 Å². The number of benzene rings is 3. The first-order valence-electron chi connectivity index (χ1n) is 7.37. The van der Waals surface area contributed by atoms with Crippen molar-refractivity contribution in [2.75, 3.05) is 18.9 Å². The number of hydrogen-bond acceptors (Lipinski definition) is 4. The molecular formula is C18H16ClNO4S. The summed E-state index contributed by atoms with van der Waals surface area (Å²) in [6.07, 6.45) is 0. The van der Waals surface area contributed by atoms with E-state index in [0.717, 1.165) is 10.8 Å². The first kappa shape index (κ1) is 17.4. The van der Waals surface area contributed by atoms with Crippen LogP contribution in [0.2, 0.25) is 5.02 Å². The van der Waals surface area contributed by atoms with Crippen LogP contribution in [0.4, 0.5) is 5.69 Å². The fourth-order valence-electron chi connectivity index (χ4n) is 2.44. The third-order valence-corrected chi connectivity index (χ3v) is 5.41. The summed E-state index contributed by atoms with van der Waals surface area (Å²) in [5.41, 5.74) is 0.362. The van der Waals surface area contributed by atoms with Gasteiger partial charge in [0.25, 0.3) is 10.0 Å². The molecule has 0 heterocycles. The standard InChI is InChI=1S/C18H16ClNO4S/c1-23-15-6-3-13-10-16(7-4-12(13)9-15)25(21,22)20-14-5-8-18(24-2)17(19)11-14/h3-11,20H,1-2H3. The second-order valence-electron chi connectivity index (χ2n) is 5.33. The first-order chi connectivity index (χ1) is 11.9. The van der Waals surface area contributed by atoms with E-state index in [4.69, 9.17) is 21.1 Å². The highest BCUT2D eigenvalue weighted by atomic mass is 35.5. The smallest absolute Gasteiger partial charge is 0.261 e. The van der Waals surface area contributed by atoms with Crippen LogP contribution in [-0.4, -0.2) is 22.6 Å². The van der Waals surface area contributed by atoms with Crippen molar-refractivity contribution in [1.82, 2.24) is 0 Å². The summed E-state index contributed by atoms with van der Waals surface area (Å²) in [5.74, 6) is 1.19. The van der Waals surface area contributed by atoms with Gasteiger partial charge < -0.3 is 9.47 Å². The van der Waals surface area contributed by atoms with E-state index in [1.54, 1.807) is 43.5 Å². The Morgan fingerprint density at radius 2 is 1.60 bits per heavy atom. The predicted molar refractivity (Wildman–Crippen MR) is 99.3 cm³/mol. The molecule has 0 aliphatic rings. The molecule has 0 atom stereocenters. The van der Waals surface area contributed by atoms with Crippen molar-refractivity contribution >= 4 is 38.1 Å². The van der Waals surface area contributed by atoms with E-state index in [0.29, 0.717) is 22.2 Å². The maximum absolute atomic E-state index is 12.6. The summed E-state index contributed by atoms with van der Waals surface area (Å²) in [5, 5.41) is 2.02. The van der Waals surface area contributed by atoms with Gasteiger partial charge in [0.05, 0.1) is 29.8 Å². The molecule has 0 bridgehead atoms. The molecule has 0 amide bonds. The number of nitrogens with one attached hydrogen (secondary N) is 1. The van der Waals surface area contributed by atoms with Crippen LogP contribution in [0.15, 0.2) is 59.5 Å². The summed E-state index contributed by atoms with van der Waals surface area (Å²) in [4.78, 5) is 0.164. The number of rotatable bonds is 5. The van der Waals surface area contributed by atoms with Gasteiger partial charge in [0, 0.05) is 0 Å². The Morgan fingerprint density at radius 3 is 2.28 bits per heavy atom. The van der Waals surface area contributed by atoms with Gasteiger partial charge in [0.2, 0.25) is 0 Å². The number of halogens is 1. The van der Waals surface area contributed by atoms with Crippen LogP contribution < -0.4 is 14.2 Å². The van der Waals surface area contributed by atoms with Crippen molar-refractivity contribution in [1.29, 1.82) is 0 Å². The number of anilines is 1. The Hall–Kier alpha value is -2.44. The van der Waals surface area contributed by atoms with E-state index in [-0.39, 0.29) is 4.90 Å². The minimum Gasteiger partial charge on any atom is -0.497 e. The molecule has 0 aromatic heterocycles. The predicted octanol–water partition coefficient (Wildman–Crippen LogP) is 4.31. The van der Waals surface area contributed by atoms with Crippen LogP contribution in [0.25, 0.3) is 10.8 Å². The summed E-state index contributed by atoms with van der Waals surface area (Å²) < 4.78 is 38.0.